The van der Waals surface area contributed by atoms with E-state index in [1.54, 1.807) is 0 Å². The zero-order valence-electron chi connectivity index (χ0n) is 4.96. The fourth-order valence-electron chi connectivity index (χ4n) is 0. The maximum absolute atomic E-state index is 9.44. The van der Waals surface area contributed by atoms with Crippen molar-refractivity contribution in [2.45, 2.75) is 0 Å². The Morgan fingerprint density at radius 3 is 1.86 bits per heavy atom. The van der Waals surface area contributed by atoms with Crippen molar-refractivity contribution in [1.29, 1.82) is 0 Å². The van der Waals surface area contributed by atoms with E-state index in [2.05, 4.69) is 6.58 Å². The largest absolute Gasteiger partial charge is 1.00 e. The number of hydrogen-bond donors (Lipinski definition) is 1. The maximum Gasteiger partial charge on any atom is 1.00 e. The van der Waals surface area contributed by atoms with E-state index in [9.17, 15) is 8.42 Å². The van der Waals surface area contributed by atoms with Crippen LogP contribution in [0.2, 0.25) is 0 Å². The zero-order chi connectivity index (χ0) is 5.21. The third kappa shape index (κ3) is 10.8. The molecule has 0 rings (SSSR count). The van der Waals surface area contributed by atoms with Crippen LogP contribution in [0.4, 0.5) is 0 Å². The van der Waals surface area contributed by atoms with E-state index < -0.39 is 10.1 Å². The van der Waals surface area contributed by atoms with Gasteiger partial charge >= 0.3 is 29.6 Å². The zero-order valence-corrected chi connectivity index (χ0v) is 6.77. The topological polar surface area (TPSA) is 54.4 Å². The molecule has 0 bridgehead atoms. The first-order chi connectivity index (χ1) is 2.56. The molecule has 0 aromatic carbocycles. The summed E-state index contributed by atoms with van der Waals surface area (Å²) in [4.78, 5) is 0. The van der Waals surface area contributed by atoms with Gasteiger partial charge in [-0.2, -0.15) is 8.42 Å². The normalized spacial score (nSPS) is 9.29. The van der Waals surface area contributed by atoms with Crippen molar-refractivity contribution < 1.29 is 44.0 Å². The summed E-state index contributed by atoms with van der Waals surface area (Å²) >= 11 is 0. The van der Waals surface area contributed by atoms with Crippen molar-refractivity contribution in [2.24, 2.45) is 0 Å². The molecule has 5 heteroatoms. The minimum atomic E-state index is -3.90. The summed E-state index contributed by atoms with van der Waals surface area (Å²) < 4.78 is 26.6. The van der Waals surface area contributed by atoms with Crippen molar-refractivity contribution >= 4 is 10.1 Å². The van der Waals surface area contributed by atoms with Gasteiger partial charge in [-0.05, 0) is 0 Å². The summed E-state index contributed by atoms with van der Waals surface area (Å²) in [6.07, 6.45) is 0. The summed E-state index contributed by atoms with van der Waals surface area (Å²) in [6.45, 7) is 2.79. The average Bonchev–Trinajstić information content (AvgIpc) is 1.35. The summed E-state index contributed by atoms with van der Waals surface area (Å²) in [5.41, 5.74) is 0. The molecule has 0 radical (unpaired) electrons. The Morgan fingerprint density at radius 1 is 1.71 bits per heavy atom. The summed E-state index contributed by atoms with van der Waals surface area (Å²) in [7, 11) is -3.90. The Labute approximate surface area is 65.9 Å². The van der Waals surface area contributed by atoms with E-state index in [0.717, 1.165) is 0 Å². The quantitative estimate of drug-likeness (QED) is 0.308. The van der Waals surface area contributed by atoms with Crippen LogP contribution in [-0.4, -0.2) is 13.0 Å². The summed E-state index contributed by atoms with van der Waals surface area (Å²) in [6, 6.07) is 0. The third-order valence-corrected chi connectivity index (χ3v) is 0.632. The van der Waals surface area contributed by atoms with Gasteiger partial charge in [-0.3, -0.25) is 4.55 Å². The molecule has 0 aromatic heterocycles. The summed E-state index contributed by atoms with van der Waals surface area (Å²) in [5, 5.41) is 0.465. The van der Waals surface area contributed by atoms with Crippen LogP contribution in [0.25, 0.3) is 0 Å². The van der Waals surface area contributed by atoms with Crippen LogP contribution in [0.3, 0.4) is 0 Å². The monoisotopic (exact) mass is 132 g/mol. The van der Waals surface area contributed by atoms with Crippen LogP contribution >= 0.6 is 0 Å². The van der Waals surface area contributed by atoms with Crippen LogP contribution in [-0.2, 0) is 10.1 Å². The molecule has 0 aliphatic carbocycles. The van der Waals surface area contributed by atoms with Crippen molar-refractivity contribution in [3.63, 3.8) is 0 Å². The van der Waals surface area contributed by atoms with E-state index in [4.69, 9.17) is 4.55 Å². The molecule has 38 valence electrons. The Morgan fingerprint density at radius 2 is 1.86 bits per heavy atom. The van der Waals surface area contributed by atoms with E-state index in [1.807, 2.05) is 0 Å². The molecule has 0 heterocycles. The minimum Gasteiger partial charge on any atom is -1.00 e. The Balaban J connectivity index is -0.000000125. The van der Waals surface area contributed by atoms with Gasteiger partial charge in [-0.15, -0.1) is 0 Å². The van der Waals surface area contributed by atoms with Crippen molar-refractivity contribution in [3.8, 4) is 0 Å². The Kier molecular flexibility index (Phi) is 5.49. The molecule has 0 spiro atoms. The van der Waals surface area contributed by atoms with Crippen LogP contribution in [0.1, 0.15) is 1.43 Å². The van der Waals surface area contributed by atoms with Crippen LogP contribution in [0.5, 0.6) is 0 Å². The standard InChI is InChI=1S/C2H4O3S.Na.H/c1-2-6(3,4)5;;/h2H,1H2,(H,3,4,5);;/q;+1;-1. The second-order valence-electron chi connectivity index (χ2n) is 0.682. The molecule has 0 aromatic rings. The van der Waals surface area contributed by atoms with Crippen LogP contribution < -0.4 is 29.6 Å². The van der Waals surface area contributed by atoms with Gasteiger partial charge < -0.3 is 1.43 Å². The maximum atomic E-state index is 9.44. The summed E-state index contributed by atoms with van der Waals surface area (Å²) in [5.74, 6) is 0. The first-order valence-electron chi connectivity index (χ1n) is 1.16. The molecule has 0 saturated heterocycles. The Bertz CT molecular complexity index is 128. The third-order valence-electron chi connectivity index (χ3n) is 0.211. The first-order valence-corrected chi connectivity index (χ1v) is 2.66. The molecule has 1 N–H and O–H groups in total. The molecule has 0 fully saturated rings. The molecule has 0 unspecified atom stereocenters. The predicted molar refractivity (Wildman–Crippen MR) is 22.9 cm³/mol. The van der Waals surface area contributed by atoms with Gasteiger partial charge in [0.15, 0.2) is 0 Å². The van der Waals surface area contributed by atoms with E-state index in [-0.39, 0.29) is 31.0 Å². The van der Waals surface area contributed by atoms with Gasteiger partial charge in [0.2, 0.25) is 0 Å². The molecule has 0 saturated carbocycles. The molecular weight excluding hydrogens is 127 g/mol. The fraction of sp³-hybridized carbons (Fsp3) is 0. The Hall–Kier alpha value is 0.650. The van der Waals surface area contributed by atoms with Gasteiger partial charge in [-0.1, -0.05) is 6.58 Å². The minimum absolute atomic E-state index is 0. The second kappa shape index (κ2) is 3.63. The molecule has 0 atom stereocenters. The van der Waals surface area contributed by atoms with E-state index >= 15 is 0 Å². The van der Waals surface area contributed by atoms with Crippen LogP contribution in [0, 0.1) is 0 Å². The van der Waals surface area contributed by atoms with Crippen molar-refractivity contribution in [2.75, 3.05) is 0 Å². The molecule has 0 aliphatic heterocycles. The van der Waals surface area contributed by atoms with Gasteiger partial charge in [0, 0.05) is 0 Å². The average molecular weight is 132 g/mol. The predicted octanol–water partition coefficient (Wildman–Crippen LogP) is -2.87. The molecule has 3 nitrogen and oxygen atoms in total. The van der Waals surface area contributed by atoms with Crippen LogP contribution in [0.15, 0.2) is 12.0 Å². The molecular formula is C2H5NaO3S. The second-order valence-corrected chi connectivity index (χ2v) is 2.04. The molecule has 7 heavy (non-hydrogen) atoms. The van der Waals surface area contributed by atoms with Crippen molar-refractivity contribution in [3.05, 3.63) is 12.0 Å². The molecule has 0 amide bonds. The van der Waals surface area contributed by atoms with Gasteiger partial charge in [0.25, 0.3) is 10.1 Å². The van der Waals surface area contributed by atoms with Crippen molar-refractivity contribution in [1.82, 2.24) is 0 Å². The van der Waals surface area contributed by atoms with Gasteiger partial charge in [-0.25, -0.2) is 0 Å². The SMILES string of the molecule is C=CS(=O)(=O)O.[H-].[Na+]. The van der Waals surface area contributed by atoms with Gasteiger partial charge in [0.1, 0.15) is 0 Å². The number of hydrogen-bond acceptors (Lipinski definition) is 2. The van der Waals surface area contributed by atoms with E-state index in [0.29, 0.717) is 5.41 Å². The van der Waals surface area contributed by atoms with E-state index in [1.165, 1.54) is 0 Å². The fourth-order valence-corrected chi connectivity index (χ4v) is 0. The van der Waals surface area contributed by atoms with Gasteiger partial charge in [0.05, 0.1) is 5.41 Å². The molecule has 0 aliphatic rings. The number of rotatable bonds is 1. The first kappa shape index (κ1) is 10.6. The smallest absolute Gasteiger partial charge is 1.00 e.